The second-order valence-corrected chi connectivity index (χ2v) is 4.27. The molecule has 0 aliphatic rings. The van der Waals surface area contributed by atoms with E-state index < -0.39 is 0 Å². The normalized spacial score (nSPS) is 11.4. The minimum absolute atomic E-state index is 1.02. The Balaban J connectivity index is 2.55. The number of imidazole rings is 1. The molecule has 0 atom stereocenters. The van der Waals surface area contributed by atoms with Gasteiger partial charge in [0, 0.05) is 0 Å². The van der Waals surface area contributed by atoms with Gasteiger partial charge in [-0.2, -0.15) is 0 Å². The van der Waals surface area contributed by atoms with E-state index in [0.717, 1.165) is 22.2 Å². The van der Waals surface area contributed by atoms with Gasteiger partial charge in [0.05, 0.1) is 28.4 Å². The minimum Gasteiger partial charge on any atom is -0.295 e. The first-order chi connectivity index (χ1) is 7.66. The van der Waals surface area contributed by atoms with Gasteiger partial charge in [-0.25, -0.2) is 4.98 Å². The predicted octanol–water partition coefficient (Wildman–Crippen LogP) is 2.81. The molecule has 0 spiro atoms. The molecule has 0 aliphatic carbocycles. The van der Waals surface area contributed by atoms with E-state index in [2.05, 4.69) is 40.3 Å². The fourth-order valence-corrected chi connectivity index (χ4v) is 2.01. The van der Waals surface area contributed by atoms with Crippen LogP contribution in [0.15, 0.2) is 24.7 Å². The molecule has 2 heterocycles. The summed E-state index contributed by atoms with van der Waals surface area (Å²) in [5.41, 5.74) is 6.81. The van der Waals surface area contributed by atoms with Gasteiger partial charge in [0.1, 0.15) is 6.33 Å². The second-order valence-electron chi connectivity index (χ2n) is 4.27. The Morgan fingerprint density at radius 2 is 1.69 bits per heavy atom. The molecule has 0 aliphatic heterocycles. The third kappa shape index (κ3) is 1.14. The van der Waals surface area contributed by atoms with E-state index in [4.69, 9.17) is 0 Å². The Morgan fingerprint density at radius 3 is 2.50 bits per heavy atom. The molecular weight excluding hydrogens is 198 g/mol. The van der Waals surface area contributed by atoms with Crippen molar-refractivity contribution in [2.45, 2.75) is 20.8 Å². The molecule has 1 aromatic carbocycles. The predicted molar refractivity (Wildman–Crippen MR) is 64.7 cm³/mol. The van der Waals surface area contributed by atoms with Crippen LogP contribution < -0.4 is 0 Å². The molecule has 2 aromatic heterocycles. The SMILES string of the molecule is Cc1cc2ncc3c(C)ncn3c2cc1C. The lowest BCUT2D eigenvalue weighted by molar-refractivity contribution is 1.17. The number of hydrogen-bond acceptors (Lipinski definition) is 2. The van der Waals surface area contributed by atoms with Crippen molar-refractivity contribution in [3.63, 3.8) is 0 Å². The molecule has 0 radical (unpaired) electrons. The first-order valence-corrected chi connectivity index (χ1v) is 5.36. The molecule has 0 fully saturated rings. The van der Waals surface area contributed by atoms with Crippen LogP contribution in [0, 0.1) is 20.8 Å². The van der Waals surface area contributed by atoms with Gasteiger partial charge in [0.25, 0.3) is 0 Å². The van der Waals surface area contributed by atoms with E-state index in [1.807, 2.05) is 19.4 Å². The van der Waals surface area contributed by atoms with Crippen LogP contribution in [-0.4, -0.2) is 14.4 Å². The summed E-state index contributed by atoms with van der Waals surface area (Å²) in [6.45, 7) is 6.24. The highest BCUT2D eigenvalue weighted by Crippen LogP contribution is 2.20. The zero-order chi connectivity index (χ0) is 11.3. The molecule has 0 N–H and O–H groups in total. The van der Waals surface area contributed by atoms with Crippen molar-refractivity contribution < 1.29 is 0 Å². The Bertz CT molecular complexity index is 695. The lowest BCUT2D eigenvalue weighted by Gasteiger charge is -2.05. The van der Waals surface area contributed by atoms with E-state index in [-0.39, 0.29) is 0 Å². The maximum atomic E-state index is 4.48. The maximum Gasteiger partial charge on any atom is 0.100 e. The van der Waals surface area contributed by atoms with Gasteiger partial charge >= 0.3 is 0 Å². The van der Waals surface area contributed by atoms with Crippen LogP contribution in [0.5, 0.6) is 0 Å². The molecule has 0 saturated carbocycles. The van der Waals surface area contributed by atoms with Crippen molar-refractivity contribution in [3.8, 4) is 0 Å². The van der Waals surface area contributed by atoms with Gasteiger partial charge in [-0.3, -0.25) is 9.38 Å². The Kier molecular flexibility index (Phi) is 1.78. The highest BCUT2D eigenvalue weighted by atomic mass is 15.0. The zero-order valence-corrected chi connectivity index (χ0v) is 9.65. The van der Waals surface area contributed by atoms with Crippen LogP contribution in [0.4, 0.5) is 0 Å². The Hall–Kier alpha value is -1.90. The average Bonchev–Trinajstić information content (AvgIpc) is 2.63. The Morgan fingerprint density at radius 1 is 0.938 bits per heavy atom. The van der Waals surface area contributed by atoms with Gasteiger partial charge < -0.3 is 0 Å². The maximum absolute atomic E-state index is 4.48. The summed E-state index contributed by atoms with van der Waals surface area (Å²) in [6.07, 6.45) is 3.75. The monoisotopic (exact) mass is 211 g/mol. The van der Waals surface area contributed by atoms with E-state index in [1.54, 1.807) is 0 Å². The molecule has 3 heteroatoms. The standard InChI is InChI=1S/C13H13N3/c1-8-4-11-12(5-9(8)2)16-7-15-10(3)13(16)6-14-11/h4-7H,1-3H3. The molecule has 3 rings (SSSR count). The van der Waals surface area contributed by atoms with Crippen molar-refractivity contribution in [1.29, 1.82) is 0 Å². The van der Waals surface area contributed by atoms with Crippen molar-refractivity contribution in [2.24, 2.45) is 0 Å². The summed E-state index contributed by atoms with van der Waals surface area (Å²) in [7, 11) is 0. The lowest BCUT2D eigenvalue weighted by Crippen LogP contribution is -1.92. The largest absolute Gasteiger partial charge is 0.295 e. The van der Waals surface area contributed by atoms with Gasteiger partial charge in [0.2, 0.25) is 0 Å². The number of benzene rings is 1. The topological polar surface area (TPSA) is 30.2 Å². The number of rotatable bonds is 0. The van der Waals surface area contributed by atoms with Crippen LogP contribution in [0.2, 0.25) is 0 Å². The zero-order valence-electron chi connectivity index (χ0n) is 9.65. The first kappa shape index (κ1) is 9.33. The van der Waals surface area contributed by atoms with Crippen LogP contribution in [0.25, 0.3) is 16.6 Å². The highest BCUT2D eigenvalue weighted by molar-refractivity contribution is 5.80. The summed E-state index contributed by atoms with van der Waals surface area (Å²) < 4.78 is 2.10. The van der Waals surface area contributed by atoms with Crippen molar-refractivity contribution in [2.75, 3.05) is 0 Å². The van der Waals surface area contributed by atoms with Crippen LogP contribution in [0.3, 0.4) is 0 Å². The highest BCUT2D eigenvalue weighted by Gasteiger charge is 2.06. The van der Waals surface area contributed by atoms with Crippen LogP contribution >= 0.6 is 0 Å². The number of aromatic nitrogens is 3. The number of aryl methyl sites for hydroxylation is 3. The number of fused-ring (bicyclic) bond motifs is 3. The van der Waals surface area contributed by atoms with Crippen LogP contribution in [0.1, 0.15) is 16.8 Å². The fraction of sp³-hybridized carbons (Fsp3) is 0.231. The minimum atomic E-state index is 1.02. The molecule has 3 nitrogen and oxygen atoms in total. The molecule has 0 unspecified atom stereocenters. The van der Waals surface area contributed by atoms with Gasteiger partial charge in [-0.05, 0) is 44.0 Å². The number of nitrogens with zero attached hydrogens (tertiary/aromatic N) is 3. The summed E-state index contributed by atoms with van der Waals surface area (Å²) >= 11 is 0. The van der Waals surface area contributed by atoms with Crippen molar-refractivity contribution in [3.05, 3.63) is 41.5 Å². The lowest BCUT2D eigenvalue weighted by atomic mass is 10.1. The average molecular weight is 211 g/mol. The van der Waals surface area contributed by atoms with Gasteiger partial charge in [0.15, 0.2) is 0 Å². The second kappa shape index (κ2) is 3.04. The smallest absolute Gasteiger partial charge is 0.100 e. The third-order valence-corrected chi connectivity index (χ3v) is 3.17. The van der Waals surface area contributed by atoms with Gasteiger partial charge in [-0.15, -0.1) is 0 Å². The molecule has 16 heavy (non-hydrogen) atoms. The molecule has 80 valence electrons. The van der Waals surface area contributed by atoms with Crippen molar-refractivity contribution >= 4 is 16.6 Å². The summed E-state index contributed by atoms with van der Waals surface area (Å²) in [5.74, 6) is 0. The molecule has 0 bridgehead atoms. The van der Waals surface area contributed by atoms with E-state index in [0.29, 0.717) is 0 Å². The fourth-order valence-electron chi connectivity index (χ4n) is 2.01. The van der Waals surface area contributed by atoms with E-state index in [9.17, 15) is 0 Å². The molecule has 3 aromatic rings. The van der Waals surface area contributed by atoms with Gasteiger partial charge in [-0.1, -0.05) is 0 Å². The Labute approximate surface area is 93.8 Å². The molecular formula is C13H13N3. The summed E-state index contributed by atoms with van der Waals surface area (Å²) in [6, 6.07) is 4.30. The first-order valence-electron chi connectivity index (χ1n) is 5.36. The van der Waals surface area contributed by atoms with Crippen molar-refractivity contribution in [1.82, 2.24) is 14.4 Å². The van der Waals surface area contributed by atoms with Crippen LogP contribution in [-0.2, 0) is 0 Å². The molecule has 0 saturated heterocycles. The quantitative estimate of drug-likeness (QED) is 0.572. The summed E-state index contributed by atoms with van der Waals surface area (Å²) in [4.78, 5) is 8.80. The third-order valence-electron chi connectivity index (χ3n) is 3.17. The van der Waals surface area contributed by atoms with E-state index in [1.165, 1.54) is 11.1 Å². The number of hydrogen-bond donors (Lipinski definition) is 0. The summed E-state index contributed by atoms with van der Waals surface area (Å²) in [5, 5.41) is 0. The van der Waals surface area contributed by atoms with E-state index >= 15 is 0 Å². The molecule has 0 amide bonds.